The Morgan fingerprint density at radius 3 is 2.75 bits per heavy atom. The number of ether oxygens (including phenoxy) is 2. The lowest BCUT2D eigenvalue weighted by atomic mass is 10.2. The third kappa shape index (κ3) is 3.18. The predicted octanol–water partition coefficient (Wildman–Crippen LogP) is -0.276. The molecule has 0 aromatic carbocycles. The predicted molar refractivity (Wildman–Crippen MR) is 57.2 cm³/mol. The zero-order chi connectivity index (χ0) is 12.0. The zero-order valence-electron chi connectivity index (χ0n) is 9.15. The van der Waals surface area contributed by atoms with Gasteiger partial charge in [-0.15, -0.1) is 0 Å². The summed E-state index contributed by atoms with van der Waals surface area (Å²) in [4.78, 5) is 25.2. The van der Waals surface area contributed by atoms with E-state index in [-0.39, 0.29) is 12.1 Å². The van der Waals surface area contributed by atoms with Gasteiger partial charge in [0.2, 0.25) is 0 Å². The maximum absolute atomic E-state index is 11.6. The largest absolute Gasteiger partial charge is 0.354 e. The number of rotatable bonds is 5. The normalized spacial score (nSPS) is 10.4. The lowest BCUT2D eigenvalue weighted by Gasteiger charge is -2.13. The van der Waals surface area contributed by atoms with Crippen molar-refractivity contribution >= 4 is 5.91 Å². The van der Waals surface area contributed by atoms with Crippen LogP contribution in [0.1, 0.15) is 10.4 Å². The summed E-state index contributed by atoms with van der Waals surface area (Å²) in [6, 6.07) is 3.03. The molecule has 0 aliphatic heterocycles. The van der Waals surface area contributed by atoms with Crippen molar-refractivity contribution in [1.82, 2.24) is 10.3 Å². The van der Waals surface area contributed by atoms with Crippen molar-refractivity contribution in [2.75, 3.05) is 20.8 Å². The van der Waals surface area contributed by atoms with Crippen LogP contribution in [0.5, 0.6) is 0 Å². The van der Waals surface area contributed by atoms with Gasteiger partial charge >= 0.3 is 0 Å². The molecule has 0 spiro atoms. The second-order valence-corrected chi connectivity index (χ2v) is 3.02. The summed E-state index contributed by atoms with van der Waals surface area (Å²) in [7, 11) is 2.94. The molecule has 0 fully saturated rings. The van der Waals surface area contributed by atoms with Gasteiger partial charge in [-0.25, -0.2) is 0 Å². The lowest BCUT2D eigenvalue weighted by Crippen LogP contribution is -2.36. The highest BCUT2D eigenvalue weighted by Gasteiger charge is 2.11. The van der Waals surface area contributed by atoms with Crippen LogP contribution in [0.4, 0.5) is 0 Å². The molecule has 0 radical (unpaired) electrons. The first-order chi connectivity index (χ1) is 7.69. The van der Waals surface area contributed by atoms with Gasteiger partial charge in [0.25, 0.3) is 11.5 Å². The van der Waals surface area contributed by atoms with Crippen LogP contribution in [0.2, 0.25) is 0 Å². The van der Waals surface area contributed by atoms with Crippen LogP contribution in [0, 0.1) is 0 Å². The van der Waals surface area contributed by atoms with E-state index in [2.05, 4.69) is 10.3 Å². The van der Waals surface area contributed by atoms with Crippen LogP contribution < -0.4 is 10.9 Å². The van der Waals surface area contributed by atoms with E-state index >= 15 is 0 Å². The fraction of sp³-hybridized carbons (Fsp3) is 0.400. The molecule has 6 nitrogen and oxygen atoms in total. The molecule has 1 aromatic heterocycles. The van der Waals surface area contributed by atoms with E-state index in [0.29, 0.717) is 0 Å². The van der Waals surface area contributed by atoms with Gasteiger partial charge in [-0.05, 0) is 12.1 Å². The first kappa shape index (κ1) is 12.4. The van der Waals surface area contributed by atoms with Gasteiger partial charge in [-0.1, -0.05) is 0 Å². The molecule has 0 bridgehead atoms. The summed E-state index contributed by atoms with van der Waals surface area (Å²) in [5, 5.41) is 2.53. The summed E-state index contributed by atoms with van der Waals surface area (Å²) in [6.45, 7) is 0.181. The van der Waals surface area contributed by atoms with Crippen LogP contribution in [-0.2, 0) is 9.47 Å². The standard InChI is InChI=1S/C10H14N2O4/c1-15-8(16-2)6-12-10(14)7-4-3-5-11-9(7)13/h3-5,8H,6H2,1-2H3,(H,11,13)(H,12,14). The highest BCUT2D eigenvalue weighted by atomic mass is 16.7. The molecular weight excluding hydrogens is 212 g/mol. The molecule has 16 heavy (non-hydrogen) atoms. The van der Waals surface area contributed by atoms with E-state index in [1.165, 1.54) is 26.5 Å². The molecule has 0 atom stereocenters. The van der Waals surface area contributed by atoms with Crippen LogP contribution in [0.15, 0.2) is 23.1 Å². The van der Waals surface area contributed by atoms with Gasteiger partial charge in [0.1, 0.15) is 5.56 Å². The number of aromatic nitrogens is 1. The number of amides is 1. The van der Waals surface area contributed by atoms with Crippen molar-refractivity contribution < 1.29 is 14.3 Å². The molecule has 1 aromatic rings. The molecule has 0 aliphatic rings. The highest BCUT2D eigenvalue weighted by molar-refractivity contribution is 5.93. The Hall–Kier alpha value is -1.66. The van der Waals surface area contributed by atoms with Crippen LogP contribution in [-0.4, -0.2) is 37.9 Å². The van der Waals surface area contributed by atoms with Crippen molar-refractivity contribution in [3.05, 3.63) is 34.2 Å². The number of hydrogen-bond donors (Lipinski definition) is 2. The second kappa shape index (κ2) is 6.04. The Balaban J connectivity index is 2.60. The van der Waals surface area contributed by atoms with Gasteiger partial charge in [0.15, 0.2) is 6.29 Å². The van der Waals surface area contributed by atoms with E-state index in [1.807, 2.05) is 0 Å². The molecule has 0 aliphatic carbocycles. The summed E-state index contributed by atoms with van der Waals surface area (Å²) in [6.07, 6.45) is 0.943. The van der Waals surface area contributed by atoms with E-state index in [1.54, 1.807) is 6.07 Å². The first-order valence-corrected chi connectivity index (χ1v) is 4.70. The number of H-pyrrole nitrogens is 1. The summed E-state index contributed by atoms with van der Waals surface area (Å²) >= 11 is 0. The highest BCUT2D eigenvalue weighted by Crippen LogP contribution is 1.92. The number of methoxy groups -OCH3 is 2. The monoisotopic (exact) mass is 226 g/mol. The Morgan fingerprint density at radius 2 is 2.19 bits per heavy atom. The third-order valence-electron chi connectivity index (χ3n) is 2.02. The Kier molecular flexibility index (Phi) is 4.68. The van der Waals surface area contributed by atoms with Crippen LogP contribution >= 0.6 is 0 Å². The molecule has 1 amide bonds. The zero-order valence-corrected chi connectivity index (χ0v) is 9.15. The number of pyridine rings is 1. The maximum Gasteiger partial charge on any atom is 0.260 e. The second-order valence-electron chi connectivity index (χ2n) is 3.02. The van der Waals surface area contributed by atoms with Crippen molar-refractivity contribution in [3.8, 4) is 0 Å². The smallest absolute Gasteiger partial charge is 0.260 e. The van der Waals surface area contributed by atoms with E-state index in [9.17, 15) is 9.59 Å². The maximum atomic E-state index is 11.6. The topological polar surface area (TPSA) is 80.4 Å². The number of nitrogens with one attached hydrogen (secondary N) is 2. The van der Waals surface area contributed by atoms with E-state index < -0.39 is 17.8 Å². The van der Waals surface area contributed by atoms with E-state index in [4.69, 9.17) is 9.47 Å². The number of carbonyl (C=O) groups is 1. The number of hydrogen-bond acceptors (Lipinski definition) is 4. The quantitative estimate of drug-likeness (QED) is 0.677. The van der Waals surface area contributed by atoms with Crippen LogP contribution in [0.3, 0.4) is 0 Å². The number of carbonyl (C=O) groups excluding carboxylic acids is 1. The third-order valence-corrected chi connectivity index (χ3v) is 2.02. The molecule has 1 rings (SSSR count). The molecule has 1 heterocycles. The molecule has 2 N–H and O–H groups in total. The Labute approximate surface area is 92.6 Å². The minimum absolute atomic E-state index is 0.0634. The molecule has 0 saturated heterocycles. The van der Waals surface area contributed by atoms with Gasteiger partial charge in [0, 0.05) is 20.4 Å². The van der Waals surface area contributed by atoms with Crippen molar-refractivity contribution in [1.29, 1.82) is 0 Å². The summed E-state index contributed by atoms with van der Waals surface area (Å²) in [5.41, 5.74) is -0.361. The lowest BCUT2D eigenvalue weighted by molar-refractivity contribution is -0.0974. The minimum Gasteiger partial charge on any atom is -0.354 e. The summed E-state index contributed by atoms with van der Waals surface area (Å²) < 4.78 is 9.79. The summed E-state index contributed by atoms with van der Waals surface area (Å²) in [5.74, 6) is -0.457. The molecule has 0 unspecified atom stereocenters. The van der Waals surface area contributed by atoms with Crippen LogP contribution in [0.25, 0.3) is 0 Å². The molecular formula is C10H14N2O4. The fourth-order valence-electron chi connectivity index (χ4n) is 1.13. The number of aromatic amines is 1. The average Bonchev–Trinajstić information content (AvgIpc) is 2.30. The molecule has 88 valence electrons. The average molecular weight is 226 g/mol. The van der Waals surface area contributed by atoms with Gasteiger partial charge < -0.3 is 19.8 Å². The first-order valence-electron chi connectivity index (χ1n) is 4.70. The Morgan fingerprint density at radius 1 is 1.50 bits per heavy atom. The SMILES string of the molecule is COC(CNC(=O)c1ccc[nH]c1=O)OC. The minimum atomic E-state index is -0.522. The van der Waals surface area contributed by atoms with Crippen molar-refractivity contribution in [2.24, 2.45) is 0 Å². The van der Waals surface area contributed by atoms with E-state index in [0.717, 1.165) is 0 Å². The van der Waals surface area contributed by atoms with Gasteiger partial charge in [0.05, 0.1) is 6.54 Å². The molecule has 0 saturated carbocycles. The van der Waals surface area contributed by atoms with Crippen molar-refractivity contribution in [2.45, 2.75) is 6.29 Å². The van der Waals surface area contributed by atoms with Crippen molar-refractivity contribution in [3.63, 3.8) is 0 Å². The Bertz CT molecular complexity index is 398. The van der Waals surface area contributed by atoms with Gasteiger partial charge in [-0.2, -0.15) is 0 Å². The van der Waals surface area contributed by atoms with Gasteiger partial charge in [-0.3, -0.25) is 9.59 Å². The molecule has 6 heteroatoms. The fourth-order valence-corrected chi connectivity index (χ4v) is 1.13.